The highest BCUT2D eigenvalue weighted by atomic mass is 35.5. The smallest absolute Gasteiger partial charge is 0.0595 e. The third-order valence-electron chi connectivity index (χ3n) is 3.11. The Morgan fingerprint density at radius 2 is 2.06 bits per heavy atom. The molecular formula is C13H15Cl2N3. The number of nitrogens with zero attached hydrogens (tertiary/aromatic N) is 2. The van der Waals surface area contributed by atoms with Crippen molar-refractivity contribution in [3.63, 3.8) is 0 Å². The van der Waals surface area contributed by atoms with E-state index in [-0.39, 0.29) is 6.04 Å². The lowest BCUT2D eigenvalue weighted by Crippen LogP contribution is -2.14. The Morgan fingerprint density at radius 1 is 1.33 bits per heavy atom. The number of hydrogen-bond donors (Lipinski definition) is 1. The van der Waals surface area contributed by atoms with Crippen molar-refractivity contribution in [3.8, 4) is 0 Å². The second kappa shape index (κ2) is 5.31. The van der Waals surface area contributed by atoms with Crippen molar-refractivity contribution in [1.82, 2.24) is 9.78 Å². The first kappa shape index (κ1) is 13.4. The van der Waals surface area contributed by atoms with Crippen LogP contribution in [0.25, 0.3) is 0 Å². The molecule has 0 bridgehead atoms. The van der Waals surface area contributed by atoms with Crippen LogP contribution < -0.4 is 5.73 Å². The molecule has 1 unspecified atom stereocenters. The summed E-state index contributed by atoms with van der Waals surface area (Å²) in [6, 6.07) is 5.51. The molecule has 2 rings (SSSR count). The van der Waals surface area contributed by atoms with E-state index in [1.165, 1.54) is 0 Å². The molecule has 2 N–H and O–H groups in total. The van der Waals surface area contributed by atoms with Gasteiger partial charge >= 0.3 is 0 Å². The molecule has 0 aliphatic carbocycles. The second-order valence-corrected chi connectivity index (χ2v) is 5.18. The third kappa shape index (κ3) is 2.69. The van der Waals surface area contributed by atoms with Crippen molar-refractivity contribution in [3.05, 3.63) is 51.3 Å². The summed E-state index contributed by atoms with van der Waals surface area (Å²) in [6.07, 6.45) is 2.53. The van der Waals surface area contributed by atoms with Crippen LogP contribution in [0.4, 0.5) is 0 Å². The summed E-state index contributed by atoms with van der Waals surface area (Å²) in [6.45, 7) is 2.01. The van der Waals surface area contributed by atoms with E-state index in [0.29, 0.717) is 16.5 Å². The van der Waals surface area contributed by atoms with Gasteiger partial charge in [-0.3, -0.25) is 4.68 Å². The van der Waals surface area contributed by atoms with Gasteiger partial charge in [0.15, 0.2) is 0 Å². The second-order valence-electron chi connectivity index (χ2n) is 4.37. The van der Waals surface area contributed by atoms with Crippen LogP contribution in [0.15, 0.2) is 24.4 Å². The average molecular weight is 284 g/mol. The Bertz CT molecular complexity index is 563. The summed E-state index contributed by atoms with van der Waals surface area (Å²) in [4.78, 5) is 0. The van der Waals surface area contributed by atoms with Crippen LogP contribution in [0, 0.1) is 6.92 Å². The Balaban J connectivity index is 2.18. The zero-order valence-electron chi connectivity index (χ0n) is 10.3. The van der Waals surface area contributed by atoms with Gasteiger partial charge in [0, 0.05) is 24.3 Å². The van der Waals surface area contributed by atoms with Crippen LogP contribution in [0.1, 0.15) is 22.9 Å². The topological polar surface area (TPSA) is 43.8 Å². The summed E-state index contributed by atoms with van der Waals surface area (Å²) in [5, 5.41) is 5.32. The molecule has 1 aromatic carbocycles. The number of aryl methyl sites for hydroxylation is 1. The molecule has 0 spiro atoms. The Kier molecular flexibility index (Phi) is 3.95. The van der Waals surface area contributed by atoms with Gasteiger partial charge in [-0.05, 0) is 31.0 Å². The molecule has 0 radical (unpaired) electrons. The summed E-state index contributed by atoms with van der Waals surface area (Å²) in [7, 11) is 1.91. The Hall–Kier alpha value is -1.03. The van der Waals surface area contributed by atoms with E-state index in [2.05, 4.69) is 5.10 Å². The maximum atomic E-state index is 6.20. The molecule has 1 aromatic heterocycles. The van der Waals surface area contributed by atoms with Crippen LogP contribution >= 0.6 is 23.2 Å². The highest BCUT2D eigenvalue weighted by Crippen LogP contribution is 2.25. The summed E-state index contributed by atoms with van der Waals surface area (Å²) in [5.41, 5.74) is 9.41. The molecule has 1 heterocycles. The summed E-state index contributed by atoms with van der Waals surface area (Å²) in [5.74, 6) is 0. The fourth-order valence-corrected chi connectivity index (χ4v) is 2.23. The van der Waals surface area contributed by atoms with Gasteiger partial charge in [0.25, 0.3) is 0 Å². The number of hydrogen-bond acceptors (Lipinski definition) is 2. The molecule has 1 atom stereocenters. The zero-order chi connectivity index (χ0) is 13.3. The van der Waals surface area contributed by atoms with Gasteiger partial charge in [0.2, 0.25) is 0 Å². The lowest BCUT2D eigenvalue weighted by Gasteiger charge is -2.12. The van der Waals surface area contributed by atoms with Crippen molar-refractivity contribution in [2.75, 3.05) is 0 Å². The quantitative estimate of drug-likeness (QED) is 0.940. The number of benzene rings is 1. The van der Waals surface area contributed by atoms with Gasteiger partial charge in [-0.15, -0.1) is 0 Å². The molecule has 0 amide bonds. The molecule has 2 aromatic rings. The number of rotatable bonds is 3. The largest absolute Gasteiger partial charge is 0.324 e. The fraction of sp³-hybridized carbons (Fsp3) is 0.308. The highest BCUT2D eigenvalue weighted by molar-refractivity contribution is 6.42. The molecule has 18 heavy (non-hydrogen) atoms. The SMILES string of the molecule is Cc1c(C(N)Cc2ccc(Cl)c(Cl)c2)cnn1C. The van der Waals surface area contributed by atoms with Gasteiger partial charge in [0.05, 0.1) is 16.2 Å². The number of aromatic nitrogens is 2. The first-order valence-electron chi connectivity index (χ1n) is 5.67. The minimum absolute atomic E-state index is 0.0871. The molecule has 0 aliphatic rings. The minimum Gasteiger partial charge on any atom is -0.324 e. The Morgan fingerprint density at radius 3 is 2.61 bits per heavy atom. The van der Waals surface area contributed by atoms with Gasteiger partial charge < -0.3 is 5.73 Å². The van der Waals surface area contributed by atoms with Crippen molar-refractivity contribution < 1.29 is 0 Å². The van der Waals surface area contributed by atoms with E-state index >= 15 is 0 Å². The zero-order valence-corrected chi connectivity index (χ0v) is 11.8. The average Bonchev–Trinajstić information content (AvgIpc) is 2.65. The monoisotopic (exact) mass is 283 g/mol. The molecular weight excluding hydrogens is 269 g/mol. The van der Waals surface area contributed by atoms with Crippen LogP contribution in [0.5, 0.6) is 0 Å². The lowest BCUT2D eigenvalue weighted by atomic mass is 10.0. The summed E-state index contributed by atoms with van der Waals surface area (Å²) >= 11 is 11.9. The van der Waals surface area contributed by atoms with Crippen LogP contribution in [-0.2, 0) is 13.5 Å². The first-order valence-corrected chi connectivity index (χ1v) is 6.42. The predicted octanol–water partition coefficient (Wildman–Crippen LogP) is 3.28. The summed E-state index contributed by atoms with van der Waals surface area (Å²) < 4.78 is 1.82. The lowest BCUT2D eigenvalue weighted by molar-refractivity contribution is 0.700. The Labute approximate surface area is 117 Å². The van der Waals surface area contributed by atoms with Crippen molar-refractivity contribution in [2.24, 2.45) is 12.8 Å². The molecule has 0 saturated carbocycles. The van der Waals surface area contributed by atoms with Crippen LogP contribution in [0.3, 0.4) is 0 Å². The molecule has 0 fully saturated rings. The van der Waals surface area contributed by atoms with E-state index in [9.17, 15) is 0 Å². The van der Waals surface area contributed by atoms with Crippen molar-refractivity contribution in [1.29, 1.82) is 0 Å². The third-order valence-corrected chi connectivity index (χ3v) is 3.85. The number of halogens is 2. The van der Waals surface area contributed by atoms with Crippen LogP contribution in [-0.4, -0.2) is 9.78 Å². The van der Waals surface area contributed by atoms with Crippen LogP contribution in [0.2, 0.25) is 10.0 Å². The standard InChI is InChI=1S/C13H15Cl2N3/c1-8-10(7-17-18(8)2)13(16)6-9-3-4-11(14)12(15)5-9/h3-5,7,13H,6,16H2,1-2H3. The molecule has 96 valence electrons. The van der Waals surface area contributed by atoms with Gasteiger partial charge in [0.1, 0.15) is 0 Å². The highest BCUT2D eigenvalue weighted by Gasteiger charge is 2.13. The van der Waals surface area contributed by atoms with Gasteiger partial charge in [-0.2, -0.15) is 5.10 Å². The van der Waals surface area contributed by atoms with Gasteiger partial charge in [-0.25, -0.2) is 0 Å². The minimum atomic E-state index is -0.0871. The van der Waals surface area contributed by atoms with Crippen molar-refractivity contribution >= 4 is 23.2 Å². The van der Waals surface area contributed by atoms with E-state index in [4.69, 9.17) is 28.9 Å². The predicted molar refractivity (Wildman–Crippen MR) is 75.0 cm³/mol. The van der Waals surface area contributed by atoms with Gasteiger partial charge in [-0.1, -0.05) is 29.3 Å². The molecule has 0 aliphatic heterocycles. The number of nitrogens with two attached hydrogens (primary N) is 1. The maximum absolute atomic E-state index is 6.20. The first-order chi connectivity index (χ1) is 8.49. The molecule has 0 saturated heterocycles. The molecule has 3 nitrogen and oxygen atoms in total. The normalized spacial score (nSPS) is 12.7. The van der Waals surface area contributed by atoms with Crippen molar-refractivity contribution in [2.45, 2.75) is 19.4 Å². The molecule has 5 heteroatoms. The fourth-order valence-electron chi connectivity index (χ4n) is 1.91. The maximum Gasteiger partial charge on any atom is 0.0595 e. The van der Waals surface area contributed by atoms with E-state index in [1.807, 2.05) is 37.0 Å². The van der Waals surface area contributed by atoms with E-state index < -0.39 is 0 Å². The van der Waals surface area contributed by atoms with E-state index in [0.717, 1.165) is 16.8 Å². The van der Waals surface area contributed by atoms with E-state index in [1.54, 1.807) is 6.07 Å².